The molecule has 1 aromatic carbocycles. The Balaban J connectivity index is 1.71. The fraction of sp³-hybridized carbons (Fsp3) is 0.500. The van der Waals surface area contributed by atoms with Crippen molar-refractivity contribution in [3.8, 4) is 0 Å². The monoisotopic (exact) mass is 283 g/mol. The standard InChI is InChI=1S/C18H25N3/c1-13(2)14-7-9-21(10-8-14)12-15-11-17(19)16-5-3-4-6-18(16)20-15/h3-6,11,13-14H,7-10,12H2,1-2H3,(H2,19,20). The molecule has 1 saturated heterocycles. The third kappa shape index (κ3) is 3.18. The van der Waals surface area contributed by atoms with Crippen LogP contribution < -0.4 is 5.73 Å². The van der Waals surface area contributed by atoms with Gasteiger partial charge in [0.05, 0.1) is 11.2 Å². The van der Waals surface area contributed by atoms with Gasteiger partial charge in [-0.15, -0.1) is 0 Å². The predicted octanol–water partition coefficient (Wildman–Crippen LogP) is 3.69. The number of nitrogen functional groups attached to an aromatic ring is 1. The van der Waals surface area contributed by atoms with E-state index in [9.17, 15) is 0 Å². The van der Waals surface area contributed by atoms with Crippen LogP contribution in [0.25, 0.3) is 10.9 Å². The maximum Gasteiger partial charge on any atom is 0.0726 e. The Bertz CT molecular complexity index is 613. The summed E-state index contributed by atoms with van der Waals surface area (Å²) in [4.78, 5) is 7.27. The third-order valence-corrected chi connectivity index (χ3v) is 4.76. The molecule has 0 bridgehead atoms. The van der Waals surface area contributed by atoms with Crippen LogP contribution in [0.2, 0.25) is 0 Å². The molecule has 0 saturated carbocycles. The molecule has 3 nitrogen and oxygen atoms in total. The number of rotatable bonds is 3. The van der Waals surface area contributed by atoms with Crippen LogP contribution in [0.4, 0.5) is 5.69 Å². The lowest BCUT2D eigenvalue weighted by Crippen LogP contribution is -2.35. The van der Waals surface area contributed by atoms with E-state index in [0.29, 0.717) is 0 Å². The number of piperidine rings is 1. The van der Waals surface area contributed by atoms with Crippen molar-refractivity contribution in [2.75, 3.05) is 18.8 Å². The molecule has 3 heteroatoms. The highest BCUT2D eigenvalue weighted by molar-refractivity contribution is 5.90. The number of hydrogen-bond donors (Lipinski definition) is 1. The Labute approximate surface area is 127 Å². The van der Waals surface area contributed by atoms with Crippen LogP contribution in [0.15, 0.2) is 30.3 Å². The lowest BCUT2D eigenvalue weighted by molar-refractivity contribution is 0.151. The number of anilines is 1. The SMILES string of the molecule is CC(C)C1CCN(Cc2cc(N)c3ccccc3n2)CC1. The van der Waals surface area contributed by atoms with Crippen molar-refractivity contribution in [2.45, 2.75) is 33.2 Å². The molecular formula is C18H25N3. The normalized spacial score (nSPS) is 17.7. The van der Waals surface area contributed by atoms with Gasteiger partial charge in [-0.05, 0) is 49.9 Å². The molecule has 2 aromatic rings. The van der Waals surface area contributed by atoms with E-state index in [1.165, 1.54) is 25.9 Å². The van der Waals surface area contributed by atoms with Crippen molar-refractivity contribution in [3.63, 3.8) is 0 Å². The van der Waals surface area contributed by atoms with Crippen LogP contribution >= 0.6 is 0 Å². The highest BCUT2D eigenvalue weighted by Crippen LogP contribution is 2.26. The number of fused-ring (bicyclic) bond motifs is 1. The van der Waals surface area contributed by atoms with Gasteiger partial charge in [0.2, 0.25) is 0 Å². The Morgan fingerprint density at radius 2 is 1.95 bits per heavy atom. The number of likely N-dealkylation sites (tertiary alicyclic amines) is 1. The Morgan fingerprint density at radius 1 is 1.24 bits per heavy atom. The average molecular weight is 283 g/mol. The van der Waals surface area contributed by atoms with Gasteiger partial charge in [0.25, 0.3) is 0 Å². The number of hydrogen-bond acceptors (Lipinski definition) is 3. The molecule has 0 aliphatic carbocycles. The van der Waals surface area contributed by atoms with E-state index in [4.69, 9.17) is 10.7 Å². The van der Waals surface area contributed by atoms with E-state index in [1.54, 1.807) is 0 Å². The molecule has 3 rings (SSSR count). The third-order valence-electron chi connectivity index (χ3n) is 4.76. The van der Waals surface area contributed by atoms with Crippen molar-refractivity contribution >= 4 is 16.6 Å². The minimum absolute atomic E-state index is 0.807. The summed E-state index contributed by atoms with van der Waals surface area (Å²) >= 11 is 0. The second-order valence-corrected chi connectivity index (χ2v) is 6.58. The summed E-state index contributed by atoms with van der Waals surface area (Å²) in [7, 11) is 0. The van der Waals surface area contributed by atoms with Gasteiger partial charge >= 0.3 is 0 Å². The molecule has 2 N–H and O–H groups in total. The molecule has 1 fully saturated rings. The largest absolute Gasteiger partial charge is 0.398 e. The molecule has 112 valence electrons. The van der Waals surface area contributed by atoms with Gasteiger partial charge in [-0.1, -0.05) is 32.0 Å². The minimum Gasteiger partial charge on any atom is -0.398 e. The topological polar surface area (TPSA) is 42.1 Å². The molecule has 1 aliphatic heterocycles. The lowest BCUT2D eigenvalue weighted by Gasteiger charge is -2.33. The molecule has 0 atom stereocenters. The fourth-order valence-electron chi connectivity index (χ4n) is 3.35. The average Bonchev–Trinajstić information content (AvgIpc) is 2.48. The first-order valence-electron chi connectivity index (χ1n) is 8.00. The zero-order chi connectivity index (χ0) is 14.8. The highest BCUT2D eigenvalue weighted by Gasteiger charge is 2.21. The van der Waals surface area contributed by atoms with Gasteiger partial charge in [-0.2, -0.15) is 0 Å². The zero-order valence-electron chi connectivity index (χ0n) is 13.0. The molecule has 0 amide bonds. The number of aromatic nitrogens is 1. The molecular weight excluding hydrogens is 258 g/mol. The first kappa shape index (κ1) is 14.3. The second kappa shape index (κ2) is 6.02. The van der Waals surface area contributed by atoms with Crippen molar-refractivity contribution in [1.29, 1.82) is 0 Å². The van der Waals surface area contributed by atoms with Crippen molar-refractivity contribution in [1.82, 2.24) is 9.88 Å². The van der Waals surface area contributed by atoms with Gasteiger partial charge in [0.1, 0.15) is 0 Å². The summed E-state index contributed by atoms with van der Waals surface area (Å²) in [6, 6.07) is 10.1. The number of benzene rings is 1. The summed E-state index contributed by atoms with van der Waals surface area (Å²) in [6.07, 6.45) is 2.61. The van der Waals surface area contributed by atoms with E-state index in [-0.39, 0.29) is 0 Å². The lowest BCUT2D eigenvalue weighted by atomic mass is 9.87. The summed E-state index contributed by atoms with van der Waals surface area (Å²) in [5, 5.41) is 1.06. The van der Waals surface area contributed by atoms with Crippen LogP contribution in [-0.4, -0.2) is 23.0 Å². The van der Waals surface area contributed by atoms with Gasteiger partial charge < -0.3 is 5.73 Å². The van der Waals surface area contributed by atoms with Gasteiger partial charge in [-0.3, -0.25) is 9.88 Å². The van der Waals surface area contributed by atoms with Gasteiger partial charge in [0.15, 0.2) is 0 Å². The number of nitrogens with two attached hydrogens (primary N) is 1. The Kier molecular flexibility index (Phi) is 4.11. The number of pyridine rings is 1. The molecule has 2 heterocycles. The van der Waals surface area contributed by atoms with Gasteiger partial charge in [-0.25, -0.2) is 0 Å². The van der Waals surface area contributed by atoms with Crippen LogP contribution in [0.5, 0.6) is 0 Å². The van der Waals surface area contributed by atoms with Crippen LogP contribution in [0.1, 0.15) is 32.4 Å². The molecule has 0 unspecified atom stereocenters. The number of para-hydroxylation sites is 1. The summed E-state index contributed by atoms with van der Waals surface area (Å²) in [6.45, 7) is 7.95. The van der Waals surface area contributed by atoms with E-state index in [1.807, 2.05) is 30.3 Å². The van der Waals surface area contributed by atoms with E-state index < -0.39 is 0 Å². The summed E-state index contributed by atoms with van der Waals surface area (Å²) in [5.74, 6) is 1.69. The van der Waals surface area contributed by atoms with E-state index in [0.717, 1.165) is 40.7 Å². The quantitative estimate of drug-likeness (QED) is 0.934. The Morgan fingerprint density at radius 3 is 2.67 bits per heavy atom. The number of nitrogens with zero attached hydrogens (tertiary/aromatic N) is 2. The zero-order valence-corrected chi connectivity index (χ0v) is 13.0. The molecule has 0 spiro atoms. The summed E-state index contributed by atoms with van der Waals surface area (Å²) in [5.41, 5.74) is 9.10. The molecule has 1 aliphatic rings. The van der Waals surface area contributed by atoms with Gasteiger partial charge in [0, 0.05) is 17.6 Å². The first-order valence-corrected chi connectivity index (χ1v) is 8.00. The summed E-state index contributed by atoms with van der Waals surface area (Å²) < 4.78 is 0. The van der Waals surface area contributed by atoms with Crippen LogP contribution in [0, 0.1) is 11.8 Å². The predicted molar refractivity (Wildman–Crippen MR) is 89.0 cm³/mol. The van der Waals surface area contributed by atoms with Crippen LogP contribution in [0.3, 0.4) is 0 Å². The van der Waals surface area contributed by atoms with Crippen LogP contribution in [-0.2, 0) is 6.54 Å². The maximum atomic E-state index is 6.17. The van der Waals surface area contributed by atoms with E-state index in [2.05, 4.69) is 18.7 Å². The highest BCUT2D eigenvalue weighted by atomic mass is 15.1. The molecule has 0 radical (unpaired) electrons. The van der Waals surface area contributed by atoms with Crippen molar-refractivity contribution < 1.29 is 0 Å². The maximum absolute atomic E-state index is 6.17. The minimum atomic E-state index is 0.807. The van der Waals surface area contributed by atoms with Crippen molar-refractivity contribution in [2.24, 2.45) is 11.8 Å². The second-order valence-electron chi connectivity index (χ2n) is 6.58. The molecule has 1 aromatic heterocycles. The fourth-order valence-corrected chi connectivity index (χ4v) is 3.35. The molecule has 21 heavy (non-hydrogen) atoms. The smallest absolute Gasteiger partial charge is 0.0726 e. The Hall–Kier alpha value is -1.61. The van der Waals surface area contributed by atoms with E-state index >= 15 is 0 Å². The van der Waals surface area contributed by atoms with Crippen molar-refractivity contribution in [3.05, 3.63) is 36.0 Å². The first-order chi connectivity index (χ1) is 10.1.